The fourth-order valence-corrected chi connectivity index (χ4v) is 1.96. The van der Waals surface area contributed by atoms with Gasteiger partial charge in [-0.25, -0.2) is 4.39 Å². The van der Waals surface area contributed by atoms with Crippen LogP contribution in [0.4, 0.5) is 4.39 Å². The average molecular weight is 237 g/mol. The lowest BCUT2D eigenvalue weighted by Crippen LogP contribution is -2.09. The molecule has 0 heterocycles. The van der Waals surface area contributed by atoms with E-state index in [0.717, 1.165) is 12.0 Å². The highest BCUT2D eigenvalue weighted by atomic mass is 19.1. The molecule has 17 heavy (non-hydrogen) atoms. The molecule has 1 fully saturated rings. The molecule has 1 atom stereocenters. The summed E-state index contributed by atoms with van der Waals surface area (Å²) in [5, 5.41) is 0. The second-order valence-corrected chi connectivity index (χ2v) is 4.89. The zero-order valence-electron chi connectivity index (χ0n) is 10.3. The van der Waals surface area contributed by atoms with E-state index in [9.17, 15) is 4.39 Å². The first kappa shape index (κ1) is 12.4. The first-order valence-electron chi connectivity index (χ1n) is 6.33. The molecule has 2 rings (SSSR count). The molecule has 1 aromatic rings. The van der Waals surface area contributed by atoms with Crippen molar-refractivity contribution < 1.29 is 9.13 Å². The Morgan fingerprint density at radius 1 is 1.47 bits per heavy atom. The smallest absolute Gasteiger partial charge is 0.165 e. The van der Waals surface area contributed by atoms with E-state index in [2.05, 4.69) is 6.92 Å². The Morgan fingerprint density at radius 2 is 2.24 bits per heavy atom. The summed E-state index contributed by atoms with van der Waals surface area (Å²) in [5.74, 6) is 1.05. The summed E-state index contributed by atoms with van der Waals surface area (Å²) < 4.78 is 19.4. The van der Waals surface area contributed by atoms with Crippen molar-refractivity contribution in [3.63, 3.8) is 0 Å². The van der Waals surface area contributed by atoms with Gasteiger partial charge in [0.2, 0.25) is 0 Å². The zero-order valence-corrected chi connectivity index (χ0v) is 10.3. The van der Waals surface area contributed by atoms with Gasteiger partial charge >= 0.3 is 0 Å². The van der Waals surface area contributed by atoms with Crippen molar-refractivity contribution >= 4 is 0 Å². The molecule has 0 bridgehead atoms. The Hall–Kier alpha value is -1.09. The highest BCUT2D eigenvalue weighted by Gasteiger charge is 2.24. The van der Waals surface area contributed by atoms with Crippen molar-refractivity contribution in [3.8, 4) is 5.75 Å². The number of benzene rings is 1. The maximum Gasteiger partial charge on any atom is 0.165 e. The molecule has 0 aliphatic heterocycles. The fourth-order valence-electron chi connectivity index (χ4n) is 1.96. The molecule has 0 spiro atoms. The number of para-hydroxylation sites is 1. The number of ether oxygens (including phenoxy) is 1. The van der Waals surface area contributed by atoms with Crippen LogP contribution in [0, 0.1) is 11.7 Å². The van der Waals surface area contributed by atoms with Gasteiger partial charge in [0.1, 0.15) is 0 Å². The van der Waals surface area contributed by atoms with Crippen LogP contribution in [0.2, 0.25) is 0 Å². The SMILES string of the molecule is CC(CCN)c1cccc(F)c1OCC1CC1. The van der Waals surface area contributed by atoms with Gasteiger partial charge in [0.15, 0.2) is 11.6 Å². The largest absolute Gasteiger partial charge is 0.490 e. The summed E-state index contributed by atoms with van der Waals surface area (Å²) in [6.45, 7) is 3.31. The molecule has 1 aliphatic carbocycles. The Bertz CT molecular complexity index is 376. The molecule has 2 nitrogen and oxygen atoms in total. The fraction of sp³-hybridized carbons (Fsp3) is 0.571. The third kappa shape index (κ3) is 3.19. The quantitative estimate of drug-likeness (QED) is 0.825. The second-order valence-electron chi connectivity index (χ2n) is 4.89. The van der Waals surface area contributed by atoms with Crippen molar-refractivity contribution in [3.05, 3.63) is 29.6 Å². The maximum absolute atomic E-state index is 13.8. The minimum Gasteiger partial charge on any atom is -0.490 e. The monoisotopic (exact) mass is 237 g/mol. The van der Waals surface area contributed by atoms with Crippen LogP contribution in [0.15, 0.2) is 18.2 Å². The lowest BCUT2D eigenvalue weighted by atomic mass is 9.97. The van der Waals surface area contributed by atoms with E-state index in [-0.39, 0.29) is 11.7 Å². The number of hydrogen-bond acceptors (Lipinski definition) is 2. The predicted molar refractivity (Wildman–Crippen MR) is 66.7 cm³/mol. The average Bonchev–Trinajstić information content (AvgIpc) is 3.11. The van der Waals surface area contributed by atoms with Gasteiger partial charge in [-0.3, -0.25) is 0 Å². The van der Waals surface area contributed by atoms with Gasteiger partial charge in [-0.2, -0.15) is 0 Å². The normalized spacial score (nSPS) is 16.9. The highest BCUT2D eigenvalue weighted by molar-refractivity contribution is 5.37. The summed E-state index contributed by atoms with van der Waals surface area (Å²) >= 11 is 0. The van der Waals surface area contributed by atoms with Crippen LogP contribution >= 0.6 is 0 Å². The minimum atomic E-state index is -0.257. The Morgan fingerprint density at radius 3 is 2.88 bits per heavy atom. The van der Waals surface area contributed by atoms with Gasteiger partial charge in [-0.15, -0.1) is 0 Å². The standard InChI is InChI=1S/C14H20FNO/c1-10(7-8-16)12-3-2-4-13(15)14(12)17-9-11-5-6-11/h2-4,10-11H,5-9,16H2,1H3. The molecular weight excluding hydrogens is 217 g/mol. The number of hydrogen-bond donors (Lipinski definition) is 1. The molecule has 0 radical (unpaired) electrons. The van der Waals surface area contributed by atoms with E-state index >= 15 is 0 Å². The molecule has 0 saturated heterocycles. The highest BCUT2D eigenvalue weighted by Crippen LogP contribution is 2.34. The van der Waals surface area contributed by atoms with E-state index in [0.29, 0.717) is 24.8 Å². The molecule has 0 aromatic heterocycles. The van der Waals surface area contributed by atoms with E-state index < -0.39 is 0 Å². The summed E-state index contributed by atoms with van der Waals surface area (Å²) in [5.41, 5.74) is 6.49. The van der Waals surface area contributed by atoms with Crippen LogP contribution in [0.3, 0.4) is 0 Å². The first-order chi connectivity index (χ1) is 8.22. The predicted octanol–water partition coefficient (Wildman–Crippen LogP) is 3.07. The van der Waals surface area contributed by atoms with E-state index in [4.69, 9.17) is 10.5 Å². The van der Waals surface area contributed by atoms with Crippen molar-refractivity contribution in [2.24, 2.45) is 11.7 Å². The maximum atomic E-state index is 13.8. The summed E-state index contributed by atoms with van der Waals surface area (Å²) in [7, 11) is 0. The van der Waals surface area contributed by atoms with Gasteiger partial charge < -0.3 is 10.5 Å². The van der Waals surface area contributed by atoms with Crippen LogP contribution in [0.1, 0.15) is 37.7 Å². The molecule has 3 heteroatoms. The summed E-state index contributed by atoms with van der Waals surface area (Å²) in [6.07, 6.45) is 3.27. The van der Waals surface area contributed by atoms with Crippen LogP contribution in [-0.2, 0) is 0 Å². The molecule has 0 amide bonds. The van der Waals surface area contributed by atoms with Gasteiger partial charge in [0.25, 0.3) is 0 Å². The number of rotatable bonds is 6. The summed E-state index contributed by atoms with van der Waals surface area (Å²) in [6, 6.07) is 5.13. The van der Waals surface area contributed by atoms with Crippen molar-refractivity contribution in [1.82, 2.24) is 0 Å². The zero-order chi connectivity index (χ0) is 12.3. The third-order valence-corrected chi connectivity index (χ3v) is 3.29. The van der Waals surface area contributed by atoms with Crippen LogP contribution in [-0.4, -0.2) is 13.2 Å². The molecule has 1 aliphatic rings. The minimum absolute atomic E-state index is 0.241. The van der Waals surface area contributed by atoms with Crippen molar-refractivity contribution in [2.75, 3.05) is 13.2 Å². The van der Waals surface area contributed by atoms with Crippen LogP contribution < -0.4 is 10.5 Å². The number of nitrogens with two attached hydrogens (primary N) is 1. The van der Waals surface area contributed by atoms with E-state index in [1.165, 1.54) is 18.9 Å². The van der Waals surface area contributed by atoms with Gasteiger partial charge in [-0.05, 0) is 43.7 Å². The molecule has 1 saturated carbocycles. The number of halogens is 1. The van der Waals surface area contributed by atoms with Gasteiger partial charge in [0.05, 0.1) is 6.61 Å². The first-order valence-corrected chi connectivity index (χ1v) is 6.33. The van der Waals surface area contributed by atoms with Gasteiger partial charge in [-0.1, -0.05) is 19.1 Å². The molecular formula is C14H20FNO. The molecule has 1 unspecified atom stereocenters. The second kappa shape index (κ2) is 5.50. The van der Waals surface area contributed by atoms with E-state index in [1.54, 1.807) is 6.07 Å². The lowest BCUT2D eigenvalue weighted by molar-refractivity contribution is 0.280. The van der Waals surface area contributed by atoms with Crippen molar-refractivity contribution in [2.45, 2.75) is 32.1 Å². The Balaban J connectivity index is 2.13. The van der Waals surface area contributed by atoms with Crippen molar-refractivity contribution in [1.29, 1.82) is 0 Å². The Labute approximate surface area is 102 Å². The van der Waals surface area contributed by atoms with Gasteiger partial charge in [0, 0.05) is 5.56 Å². The summed E-state index contributed by atoms with van der Waals surface area (Å²) in [4.78, 5) is 0. The topological polar surface area (TPSA) is 35.2 Å². The van der Waals surface area contributed by atoms with E-state index in [1.807, 2.05) is 6.07 Å². The molecule has 2 N–H and O–H groups in total. The molecule has 1 aromatic carbocycles. The molecule has 94 valence electrons. The van der Waals surface area contributed by atoms with Crippen LogP contribution in [0.5, 0.6) is 5.75 Å². The third-order valence-electron chi connectivity index (χ3n) is 3.29. The Kier molecular flexibility index (Phi) is 4.00. The van der Waals surface area contributed by atoms with Crippen LogP contribution in [0.25, 0.3) is 0 Å². The lowest BCUT2D eigenvalue weighted by Gasteiger charge is -2.17.